The van der Waals surface area contributed by atoms with E-state index >= 15 is 0 Å². The molecule has 2 aromatic rings. The zero-order valence-electron chi connectivity index (χ0n) is 21.6. The van der Waals surface area contributed by atoms with E-state index in [1.165, 1.54) is 17.1 Å². The minimum absolute atomic E-state index is 0.0281. The minimum Gasteiger partial charge on any atom is -0.355 e. The molecule has 1 aromatic heterocycles. The van der Waals surface area contributed by atoms with Crippen molar-refractivity contribution >= 4 is 28.1 Å². The van der Waals surface area contributed by atoms with Gasteiger partial charge in [0.2, 0.25) is 15.9 Å². The average molecular weight is 515 g/mol. The van der Waals surface area contributed by atoms with E-state index in [0.717, 1.165) is 36.7 Å². The van der Waals surface area contributed by atoms with Gasteiger partial charge >= 0.3 is 0 Å². The zero-order valence-corrected chi connectivity index (χ0v) is 22.4. The third-order valence-electron chi connectivity index (χ3n) is 7.36. The molecule has 4 rings (SSSR count). The van der Waals surface area contributed by atoms with Gasteiger partial charge < -0.3 is 14.7 Å². The number of nitrogens with one attached hydrogen (secondary N) is 1. The second-order valence-electron chi connectivity index (χ2n) is 10.2. The molecule has 1 aromatic carbocycles. The fraction of sp³-hybridized carbons (Fsp3) is 0.556. The lowest BCUT2D eigenvalue weighted by molar-refractivity contribution is -0.126. The Hall–Kier alpha value is -2.49. The topological polar surface area (TPSA) is 95.8 Å². The molecule has 0 unspecified atom stereocenters. The van der Waals surface area contributed by atoms with Crippen LogP contribution in [0, 0.1) is 25.7 Å². The number of hydrogen-bond acceptors (Lipinski definition) is 6. The summed E-state index contributed by atoms with van der Waals surface area (Å²) >= 11 is 0. The number of rotatable bonds is 8. The van der Waals surface area contributed by atoms with Crippen LogP contribution in [0.2, 0.25) is 0 Å². The molecule has 2 aliphatic rings. The van der Waals surface area contributed by atoms with E-state index in [4.69, 9.17) is 4.52 Å². The molecular formula is C27H38N4O4S. The fourth-order valence-corrected chi connectivity index (χ4v) is 6.62. The lowest BCUT2D eigenvalue weighted by atomic mass is 9.97. The molecule has 9 heteroatoms. The van der Waals surface area contributed by atoms with Gasteiger partial charge in [-0.3, -0.25) is 4.79 Å². The maximum absolute atomic E-state index is 13.5. The summed E-state index contributed by atoms with van der Waals surface area (Å²) in [7, 11) is -3.79. The van der Waals surface area contributed by atoms with Crippen LogP contribution in [-0.4, -0.2) is 68.0 Å². The first-order valence-corrected chi connectivity index (χ1v) is 14.4. The van der Waals surface area contributed by atoms with E-state index in [-0.39, 0.29) is 22.5 Å². The number of amides is 1. The summed E-state index contributed by atoms with van der Waals surface area (Å²) in [5.41, 5.74) is 2.44. The van der Waals surface area contributed by atoms with Crippen LogP contribution >= 0.6 is 0 Å². The Balaban J connectivity index is 1.32. The Bertz CT molecular complexity index is 1160. The Labute approximate surface area is 214 Å². The van der Waals surface area contributed by atoms with Crippen LogP contribution in [-0.2, 0) is 14.8 Å². The lowest BCUT2D eigenvalue weighted by Crippen LogP contribution is -2.45. The Kier molecular flexibility index (Phi) is 8.64. The predicted octanol–water partition coefficient (Wildman–Crippen LogP) is 3.71. The van der Waals surface area contributed by atoms with Gasteiger partial charge in [0.1, 0.15) is 5.69 Å². The molecule has 196 valence electrons. The van der Waals surface area contributed by atoms with Crippen LogP contribution in [0.15, 0.2) is 33.7 Å². The molecule has 2 aliphatic heterocycles. The highest BCUT2D eigenvalue weighted by molar-refractivity contribution is 7.89. The quantitative estimate of drug-likeness (QED) is 0.577. The van der Waals surface area contributed by atoms with Crippen molar-refractivity contribution in [2.45, 2.75) is 51.3 Å². The number of hydrogen-bond donors (Lipinski definition) is 1. The third kappa shape index (κ3) is 6.44. The molecule has 3 heterocycles. The van der Waals surface area contributed by atoms with E-state index in [2.05, 4.69) is 22.3 Å². The van der Waals surface area contributed by atoms with Gasteiger partial charge in [0.15, 0.2) is 10.7 Å². The molecule has 0 bridgehead atoms. The van der Waals surface area contributed by atoms with Crippen molar-refractivity contribution in [3.05, 3.63) is 46.8 Å². The van der Waals surface area contributed by atoms with Crippen LogP contribution in [0.3, 0.4) is 0 Å². The number of carbonyl (C=O) groups is 1. The second kappa shape index (κ2) is 11.7. The summed E-state index contributed by atoms with van der Waals surface area (Å²) in [5, 5.41) is 6.99. The van der Waals surface area contributed by atoms with Gasteiger partial charge in [0.05, 0.1) is 0 Å². The van der Waals surface area contributed by atoms with E-state index in [1.54, 1.807) is 13.0 Å². The molecular weight excluding hydrogens is 476 g/mol. The zero-order chi connectivity index (χ0) is 25.7. The average Bonchev–Trinajstić information content (AvgIpc) is 3.26. The number of nitrogens with zero attached hydrogens (tertiary/aromatic N) is 3. The molecule has 0 saturated carbocycles. The summed E-state index contributed by atoms with van der Waals surface area (Å²) in [6, 6.07) is 7.92. The highest BCUT2D eigenvalue weighted by Crippen LogP contribution is 2.29. The van der Waals surface area contributed by atoms with Crippen LogP contribution in [0.5, 0.6) is 0 Å². The lowest BCUT2D eigenvalue weighted by Gasteiger charge is -2.31. The molecule has 8 nitrogen and oxygen atoms in total. The fourth-order valence-electron chi connectivity index (χ4n) is 4.90. The maximum atomic E-state index is 13.5. The highest BCUT2D eigenvalue weighted by atomic mass is 32.2. The first-order chi connectivity index (χ1) is 17.2. The smallest absolute Gasteiger partial charge is 0.248 e. The molecule has 36 heavy (non-hydrogen) atoms. The normalized spacial score (nSPS) is 19.2. The van der Waals surface area contributed by atoms with Crippen molar-refractivity contribution in [1.29, 1.82) is 0 Å². The van der Waals surface area contributed by atoms with Gasteiger partial charge in [-0.25, -0.2) is 8.42 Å². The van der Waals surface area contributed by atoms with Gasteiger partial charge in [0.25, 0.3) is 0 Å². The van der Waals surface area contributed by atoms with Crippen LogP contribution in [0.25, 0.3) is 12.2 Å². The van der Waals surface area contributed by atoms with Gasteiger partial charge in [-0.05, 0) is 70.2 Å². The summed E-state index contributed by atoms with van der Waals surface area (Å²) in [6.07, 6.45) is 6.92. The van der Waals surface area contributed by atoms with Crippen LogP contribution < -0.4 is 5.32 Å². The number of sulfonamides is 1. The van der Waals surface area contributed by atoms with E-state index < -0.39 is 10.0 Å². The Morgan fingerprint density at radius 1 is 1.06 bits per heavy atom. The van der Waals surface area contributed by atoms with Gasteiger partial charge in [-0.15, -0.1) is 0 Å². The molecule has 0 aliphatic carbocycles. The predicted molar refractivity (Wildman–Crippen MR) is 141 cm³/mol. The van der Waals surface area contributed by atoms with Crippen LogP contribution in [0.4, 0.5) is 0 Å². The van der Waals surface area contributed by atoms with Gasteiger partial charge in [0, 0.05) is 32.1 Å². The molecule has 1 amide bonds. The number of aryl methyl sites for hydroxylation is 2. The van der Waals surface area contributed by atoms with E-state index in [0.29, 0.717) is 38.2 Å². The molecule has 1 N–H and O–H groups in total. The van der Waals surface area contributed by atoms with Crippen molar-refractivity contribution < 1.29 is 17.7 Å². The molecule has 0 atom stereocenters. The standard InChI is InChI=1S/C27H38N4O4S/c1-20-4-6-23(7-5-20)8-9-25-26(22(3)29-35-25)36(33,34)31-17-12-24(13-18-31)27(32)28-14-19-30-15-10-21(2)11-16-30/h4-9,21,24H,10-19H2,1-3H3,(H,28,32). The van der Waals surface area contributed by atoms with Crippen LogP contribution in [0.1, 0.15) is 55.2 Å². The molecule has 0 spiro atoms. The minimum atomic E-state index is -3.79. The summed E-state index contributed by atoms with van der Waals surface area (Å²) < 4.78 is 33.8. The summed E-state index contributed by atoms with van der Waals surface area (Å²) in [4.78, 5) is 15.2. The third-order valence-corrected chi connectivity index (χ3v) is 9.42. The monoisotopic (exact) mass is 514 g/mol. The number of carbonyl (C=O) groups excluding carboxylic acids is 1. The summed E-state index contributed by atoms with van der Waals surface area (Å²) in [6.45, 7) is 10.3. The van der Waals surface area contributed by atoms with E-state index in [1.807, 2.05) is 37.3 Å². The van der Waals surface area contributed by atoms with Crippen molar-refractivity contribution in [1.82, 2.24) is 19.7 Å². The van der Waals surface area contributed by atoms with E-state index in [9.17, 15) is 13.2 Å². The summed E-state index contributed by atoms with van der Waals surface area (Å²) in [5.74, 6) is 0.877. The highest BCUT2D eigenvalue weighted by Gasteiger charge is 2.35. The van der Waals surface area contributed by atoms with Crippen molar-refractivity contribution in [2.75, 3.05) is 39.3 Å². The van der Waals surface area contributed by atoms with Crippen molar-refractivity contribution in [2.24, 2.45) is 11.8 Å². The molecule has 0 radical (unpaired) electrons. The first-order valence-electron chi connectivity index (χ1n) is 13.0. The number of likely N-dealkylation sites (tertiary alicyclic amines) is 1. The molecule has 2 saturated heterocycles. The first kappa shape index (κ1) is 26.6. The van der Waals surface area contributed by atoms with Crippen molar-refractivity contribution in [3.8, 4) is 0 Å². The van der Waals surface area contributed by atoms with Crippen molar-refractivity contribution in [3.63, 3.8) is 0 Å². The SMILES string of the molecule is Cc1ccc(C=Cc2onc(C)c2S(=O)(=O)N2CCC(C(=O)NCCN3CCC(C)CC3)CC2)cc1. The molecule has 2 fully saturated rings. The van der Waals surface area contributed by atoms with Gasteiger partial charge in [-0.1, -0.05) is 48.0 Å². The van der Waals surface area contributed by atoms with Gasteiger partial charge in [-0.2, -0.15) is 4.31 Å². The number of benzene rings is 1. The number of aromatic nitrogens is 1. The Morgan fingerprint density at radius 2 is 1.72 bits per heavy atom. The largest absolute Gasteiger partial charge is 0.355 e. The second-order valence-corrected chi connectivity index (χ2v) is 12.1. The number of piperidine rings is 2. The maximum Gasteiger partial charge on any atom is 0.248 e. The Morgan fingerprint density at radius 3 is 2.39 bits per heavy atom.